The number of nitrogens with two attached hydrogens (primary N) is 1. The molecule has 27 heavy (non-hydrogen) atoms. The van der Waals surface area contributed by atoms with Gasteiger partial charge in [-0.15, -0.1) is 0 Å². The van der Waals surface area contributed by atoms with E-state index in [1.165, 1.54) is 6.33 Å². The van der Waals surface area contributed by atoms with Gasteiger partial charge in [0.05, 0.1) is 11.9 Å². The first-order chi connectivity index (χ1) is 13.2. The number of primary amides is 1. The third-order valence-corrected chi connectivity index (χ3v) is 4.49. The second kappa shape index (κ2) is 7.55. The number of aromatic nitrogens is 4. The van der Waals surface area contributed by atoms with E-state index in [0.717, 1.165) is 25.0 Å². The Hall–Kier alpha value is -3.26. The molecule has 2 aromatic heterocycles. The highest BCUT2D eigenvalue weighted by Gasteiger charge is 2.23. The average molecular weight is 364 g/mol. The molecule has 1 unspecified atom stereocenters. The van der Waals surface area contributed by atoms with Crippen LogP contribution in [-0.4, -0.2) is 32.0 Å². The number of hydrogen-bond donors (Lipinski definition) is 2. The lowest BCUT2D eigenvalue weighted by Crippen LogP contribution is -2.18. The zero-order valence-corrected chi connectivity index (χ0v) is 14.7. The standard InChI is InChI=1S/C19H20N6O2/c20-18(26)14(10-21-9-13-5-2-1-3-6-13)16-17-19(23-11-22-16)25(12-24-17)15-7-4-8-27-15/h1-3,5-6,10-12,15,21H,4,7-9H2,(H2,20,26)/b14-10-. The molecule has 0 radical (unpaired) electrons. The van der Waals surface area contributed by atoms with Gasteiger partial charge in [0.1, 0.15) is 23.8 Å². The van der Waals surface area contributed by atoms with Crippen LogP contribution in [0.2, 0.25) is 0 Å². The largest absolute Gasteiger partial charge is 0.386 e. The van der Waals surface area contributed by atoms with Crippen LogP contribution in [-0.2, 0) is 16.1 Å². The lowest BCUT2D eigenvalue weighted by molar-refractivity contribution is -0.112. The molecule has 0 saturated carbocycles. The quantitative estimate of drug-likeness (QED) is 0.645. The summed E-state index contributed by atoms with van der Waals surface area (Å²) >= 11 is 0. The second-order valence-electron chi connectivity index (χ2n) is 6.30. The van der Waals surface area contributed by atoms with Crippen molar-refractivity contribution in [1.29, 1.82) is 0 Å². The summed E-state index contributed by atoms with van der Waals surface area (Å²) in [5, 5.41) is 3.13. The summed E-state index contributed by atoms with van der Waals surface area (Å²) in [7, 11) is 0. The molecule has 1 aromatic carbocycles. The molecule has 8 heteroatoms. The fraction of sp³-hybridized carbons (Fsp3) is 0.263. The number of amides is 1. The first-order valence-electron chi connectivity index (χ1n) is 8.81. The SMILES string of the molecule is NC(=O)/C(=C\NCc1ccccc1)c1ncnc2c1ncn2C1CCCO1. The lowest BCUT2D eigenvalue weighted by atomic mass is 10.1. The van der Waals surface area contributed by atoms with E-state index in [4.69, 9.17) is 10.5 Å². The molecule has 1 fully saturated rings. The first kappa shape index (κ1) is 17.2. The molecule has 8 nitrogen and oxygen atoms in total. The van der Waals surface area contributed by atoms with Gasteiger partial charge in [0.25, 0.3) is 5.91 Å². The third kappa shape index (κ3) is 3.52. The Balaban J connectivity index is 1.65. The van der Waals surface area contributed by atoms with E-state index < -0.39 is 5.91 Å². The molecule has 1 amide bonds. The van der Waals surface area contributed by atoms with Gasteiger partial charge in [-0.25, -0.2) is 15.0 Å². The molecule has 0 spiro atoms. The number of rotatable bonds is 6. The molecule has 3 heterocycles. The minimum absolute atomic E-state index is 0.0880. The van der Waals surface area contributed by atoms with E-state index in [0.29, 0.717) is 23.4 Å². The van der Waals surface area contributed by atoms with Crippen LogP contribution in [0.15, 0.2) is 49.2 Å². The maximum atomic E-state index is 12.0. The number of imidazole rings is 1. The van der Waals surface area contributed by atoms with Crippen molar-refractivity contribution < 1.29 is 9.53 Å². The fourth-order valence-corrected chi connectivity index (χ4v) is 3.16. The lowest BCUT2D eigenvalue weighted by Gasteiger charge is -2.11. The van der Waals surface area contributed by atoms with Crippen LogP contribution in [0.4, 0.5) is 0 Å². The van der Waals surface area contributed by atoms with Crippen LogP contribution in [0.1, 0.15) is 30.3 Å². The normalized spacial score (nSPS) is 17.3. The summed E-state index contributed by atoms with van der Waals surface area (Å²) in [6.45, 7) is 1.29. The number of benzene rings is 1. The van der Waals surface area contributed by atoms with Gasteiger partial charge in [-0.05, 0) is 18.4 Å². The Morgan fingerprint density at radius 3 is 2.89 bits per heavy atom. The Morgan fingerprint density at radius 1 is 1.30 bits per heavy atom. The molecule has 138 valence electrons. The van der Waals surface area contributed by atoms with E-state index in [1.54, 1.807) is 12.5 Å². The number of nitrogens with one attached hydrogen (secondary N) is 1. The van der Waals surface area contributed by atoms with E-state index in [9.17, 15) is 4.79 Å². The van der Waals surface area contributed by atoms with Crippen molar-refractivity contribution in [3.8, 4) is 0 Å². The van der Waals surface area contributed by atoms with Gasteiger partial charge in [0, 0.05) is 19.4 Å². The van der Waals surface area contributed by atoms with Crippen molar-refractivity contribution in [1.82, 2.24) is 24.8 Å². The van der Waals surface area contributed by atoms with Crippen LogP contribution >= 0.6 is 0 Å². The third-order valence-electron chi connectivity index (χ3n) is 4.49. The predicted molar refractivity (Wildman–Crippen MR) is 100.0 cm³/mol. The Kier molecular flexibility index (Phi) is 4.80. The molecule has 1 atom stereocenters. The smallest absolute Gasteiger partial charge is 0.252 e. The molecule has 1 aliphatic heterocycles. The fourth-order valence-electron chi connectivity index (χ4n) is 3.16. The molecule has 0 bridgehead atoms. The molecular formula is C19H20N6O2. The van der Waals surface area contributed by atoms with E-state index in [-0.39, 0.29) is 11.8 Å². The summed E-state index contributed by atoms with van der Waals surface area (Å²) < 4.78 is 7.59. The number of ether oxygens (including phenoxy) is 1. The Bertz CT molecular complexity index is 976. The molecule has 0 aliphatic carbocycles. The average Bonchev–Trinajstić information content (AvgIpc) is 3.35. The van der Waals surface area contributed by atoms with E-state index >= 15 is 0 Å². The van der Waals surface area contributed by atoms with Gasteiger partial charge < -0.3 is 15.8 Å². The van der Waals surface area contributed by atoms with Crippen LogP contribution < -0.4 is 11.1 Å². The minimum Gasteiger partial charge on any atom is -0.386 e. The minimum atomic E-state index is -0.581. The molecule has 1 saturated heterocycles. The Morgan fingerprint density at radius 2 is 2.15 bits per heavy atom. The maximum Gasteiger partial charge on any atom is 0.252 e. The van der Waals surface area contributed by atoms with Crippen molar-refractivity contribution in [3.63, 3.8) is 0 Å². The van der Waals surface area contributed by atoms with Gasteiger partial charge in [-0.1, -0.05) is 30.3 Å². The van der Waals surface area contributed by atoms with Crippen molar-refractivity contribution in [2.45, 2.75) is 25.6 Å². The predicted octanol–water partition coefficient (Wildman–Crippen LogP) is 1.75. The highest BCUT2D eigenvalue weighted by molar-refractivity contribution is 6.20. The number of carbonyl (C=O) groups is 1. The van der Waals surface area contributed by atoms with Gasteiger partial charge in [0.2, 0.25) is 0 Å². The Labute approximate surface area is 156 Å². The van der Waals surface area contributed by atoms with Gasteiger partial charge in [-0.2, -0.15) is 0 Å². The van der Waals surface area contributed by atoms with Crippen molar-refractivity contribution in [2.24, 2.45) is 5.73 Å². The van der Waals surface area contributed by atoms with Crippen LogP contribution in [0.25, 0.3) is 16.7 Å². The van der Waals surface area contributed by atoms with Crippen LogP contribution in [0.3, 0.4) is 0 Å². The summed E-state index contributed by atoms with van der Waals surface area (Å²) in [6.07, 6.45) is 6.49. The van der Waals surface area contributed by atoms with Gasteiger partial charge >= 0.3 is 0 Å². The van der Waals surface area contributed by atoms with Gasteiger partial charge in [-0.3, -0.25) is 9.36 Å². The topological polar surface area (TPSA) is 108 Å². The highest BCUT2D eigenvalue weighted by Crippen LogP contribution is 2.28. The number of hydrogen-bond acceptors (Lipinski definition) is 6. The molecule has 3 N–H and O–H groups in total. The van der Waals surface area contributed by atoms with Gasteiger partial charge in [0.15, 0.2) is 5.65 Å². The summed E-state index contributed by atoms with van der Waals surface area (Å²) in [5.41, 5.74) is 8.51. The second-order valence-corrected chi connectivity index (χ2v) is 6.30. The highest BCUT2D eigenvalue weighted by atomic mass is 16.5. The summed E-state index contributed by atoms with van der Waals surface area (Å²) in [6, 6.07) is 9.87. The summed E-state index contributed by atoms with van der Waals surface area (Å²) in [4.78, 5) is 25.0. The molecule has 1 aliphatic rings. The monoisotopic (exact) mass is 364 g/mol. The summed E-state index contributed by atoms with van der Waals surface area (Å²) in [5.74, 6) is -0.581. The molecule has 4 rings (SSSR count). The zero-order valence-electron chi connectivity index (χ0n) is 14.7. The van der Waals surface area contributed by atoms with E-state index in [1.807, 2.05) is 34.9 Å². The first-order valence-corrected chi connectivity index (χ1v) is 8.81. The van der Waals surface area contributed by atoms with E-state index in [2.05, 4.69) is 20.3 Å². The van der Waals surface area contributed by atoms with Crippen LogP contribution in [0.5, 0.6) is 0 Å². The maximum absolute atomic E-state index is 12.0. The number of fused-ring (bicyclic) bond motifs is 1. The molecule has 3 aromatic rings. The zero-order chi connectivity index (χ0) is 18.6. The number of nitrogens with zero attached hydrogens (tertiary/aromatic N) is 4. The number of carbonyl (C=O) groups excluding carboxylic acids is 1. The van der Waals surface area contributed by atoms with Crippen molar-refractivity contribution >= 4 is 22.6 Å². The molecular weight excluding hydrogens is 344 g/mol. The van der Waals surface area contributed by atoms with Crippen LogP contribution in [0, 0.1) is 0 Å². The van der Waals surface area contributed by atoms with Crippen molar-refractivity contribution in [2.75, 3.05) is 6.61 Å². The van der Waals surface area contributed by atoms with Crippen molar-refractivity contribution in [3.05, 3.63) is 60.4 Å².